The number of rotatable bonds is 5. The zero-order valence-corrected chi connectivity index (χ0v) is 13.4. The lowest BCUT2D eigenvalue weighted by Crippen LogP contribution is -2.22. The van der Waals surface area contributed by atoms with Gasteiger partial charge in [-0.05, 0) is 30.7 Å². The maximum atomic E-state index is 4.41. The molecule has 0 spiro atoms. The van der Waals surface area contributed by atoms with E-state index in [1.165, 1.54) is 11.1 Å². The Morgan fingerprint density at radius 2 is 2.05 bits per heavy atom. The fraction of sp³-hybridized carbons (Fsp3) is 0.250. The summed E-state index contributed by atoms with van der Waals surface area (Å²) in [7, 11) is 0. The van der Waals surface area contributed by atoms with Crippen molar-refractivity contribution in [3.63, 3.8) is 0 Å². The minimum atomic E-state index is 0.234. The minimum Gasteiger partial charge on any atom is -0.310 e. The summed E-state index contributed by atoms with van der Waals surface area (Å²) in [6.07, 6.45) is 8.36. The normalized spacial score (nSPS) is 12.7. The first-order valence-electron chi connectivity index (χ1n) is 7.03. The Morgan fingerprint density at radius 3 is 2.81 bits per heavy atom. The van der Waals surface area contributed by atoms with Crippen molar-refractivity contribution in [2.24, 2.45) is 0 Å². The average Bonchev–Trinajstić information content (AvgIpc) is 2.93. The molecule has 1 atom stereocenters. The van der Waals surface area contributed by atoms with Crippen LogP contribution in [0, 0.1) is 0 Å². The molecule has 3 rings (SSSR count). The number of halogens is 1. The van der Waals surface area contributed by atoms with Crippen LogP contribution in [-0.4, -0.2) is 21.1 Å². The molecule has 0 bridgehead atoms. The largest absolute Gasteiger partial charge is 0.310 e. The molecule has 2 heterocycles. The fourth-order valence-corrected chi connectivity index (χ4v) is 2.78. The zero-order valence-electron chi connectivity index (χ0n) is 11.8. The molecule has 3 aromatic rings. The highest BCUT2D eigenvalue weighted by Crippen LogP contribution is 2.23. The summed E-state index contributed by atoms with van der Waals surface area (Å²) in [4.78, 5) is 4.21. The van der Waals surface area contributed by atoms with Crippen molar-refractivity contribution < 1.29 is 0 Å². The van der Waals surface area contributed by atoms with Gasteiger partial charge in [0.2, 0.25) is 0 Å². The molecule has 0 saturated heterocycles. The summed E-state index contributed by atoms with van der Waals surface area (Å²) in [6.45, 7) is 3.04. The van der Waals surface area contributed by atoms with E-state index >= 15 is 0 Å². The second-order valence-electron chi connectivity index (χ2n) is 4.95. The third-order valence-electron chi connectivity index (χ3n) is 3.53. The topological polar surface area (TPSA) is 42.2 Å². The third-order valence-corrected chi connectivity index (χ3v) is 4.06. The maximum absolute atomic E-state index is 4.41. The van der Waals surface area contributed by atoms with Gasteiger partial charge in [0.05, 0.1) is 17.9 Å². The van der Waals surface area contributed by atoms with Crippen LogP contribution >= 0.6 is 15.9 Å². The van der Waals surface area contributed by atoms with Crippen LogP contribution in [0.3, 0.4) is 0 Å². The quantitative estimate of drug-likeness (QED) is 0.771. The number of aromatic nitrogens is 3. The smallest absolute Gasteiger partial charge is 0.0892 e. The van der Waals surface area contributed by atoms with Gasteiger partial charge in [-0.3, -0.25) is 4.98 Å². The molecule has 1 aromatic carbocycles. The summed E-state index contributed by atoms with van der Waals surface area (Å²) < 4.78 is 2.97. The van der Waals surface area contributed by atoms with E-state index in [1.807, 2.05) is 23.1 Å². The molecular weight excluding hydrogens is 328 g/mol. The predicted octanol–water partition coefficient (Wildman–Crippen LogP) is 3.39. The Bertz CT molecular complexity index is 720. The van der Waals surface area contributed by atoms with Gasteiger partial charge < -0.3 is 5.32 Å². The Hall–Kier alpha value is -1.72. The molecule has 1 unspecified atom stereocenters. The molecule has 0 amide bonds. The van der Waals surface area contributed by atoms with Gasteiger partial charge in [0, 0.05) is 28.5 Å². The Balaban J connectivity index is 1.92. The van der Waals surface area contributed by atoms with Crippen molar-refractivity contribution in [1.82, 2.24) is 19.9 Å². The lowest BCUT2D eigenvalue weighted by atomic mass is 10.0. The van der Waals surface area contributed by atoms with Gasteiger partial charge in [-0.1, -0.05) is 35.0 Å². The van der Waals surface area contributed by atoms with E-state index in [0.717, 1.165) is 23.0 Å². The van der Waals surface area contributed by atoms with Crippen molar-refractivity contribution in [3.05, 3.63) is 64.7 Å². The summed E-state index contributed by atoms with van der Waals surface area (Å²) in [5.74, 6) is 0. The van der Waals surface area contributed by atoms with Gasteiger partial charge in [-0.15, -0.1) is 0 Å². The van der Waals surface area contributed by atoms with Crippen molar-refractivity contribution in [2.45, 2.75) is 19.4 Å². The molecule has 0 radical (unpaired) electrons. The van der Waals surface area contributed by atoms with Crippen LogP contribution in [0.4, 0.5) is 0 Å². The van der Waals surface area contributed by atoms with Crippen molar-refractivity contribution in [2.75, 3.05) is 6.54 Å². The van der Waals surface area contributed by atoms with Crippen molar-refractivity contribution in [1.29, 1.82) is 0 Å². The lowest BCUT2D eigenvalue weighted by Gasteiger charge is -2.17. The van der Waals surface area contributed by atoms with Crippen LogP contribution in [0.15, 0.2) is 53.5 Å². The molecule has 0 aliphatic carbocycles. The molecule has 0 aliphatic heterocycles. The third kappa shape index (κ3) is 3.14. The first-order chi connectivity index (χ1) is 10.3. The van der Waals surface area contributed by atoms with Gasteiger partial charge in [-0.2, -0.15) is 5.10 Å². The van der Waals surface area contributed by atoms with Gasteiger partial charge in [0.1, 0.15) is 0 Å². The van der Waals surface area contributed by atoms with E-state index in [-0.39, 0.29) is 6.04 Å². The first-order valence-corrected chi connectivity index (χ1v) is 7.82. The monoisotopic (exact) mass is 344 g/mol. The molecule has 5 heteroatoms. The van der Waals surface area contributed by atoms with Gasteiger partial charge in [0.15, 0.2) is 0 Å². The van der Waals surface area contributed by atoms with Crippen LogP contribution in [0.2, 0.25) is 0 Å². The van der Waals surface area contributed by atoms with Gasteiger partial charge >= 0.3 is 0 Å². The molecule has 21 heavy (non-hydrogen) atoms. The Morgan fingerprint density at radius 1 is 1.24 bits per heavy atom. The number of hydrogen-bond acceptors (Lipinski definition) is 3. The van der Waals surface area contributed by atoms with Gasteiger partial charge in [-0.25, -0.2) is 4.52 Å². The number of nitrogens with one attached hydrogen (secondary N) is 1. The number of benzene rings is 1. The van der Waals surface area contributed by atoms with Crippen LogP contribution < -0.4 is 5.32 Å². The van der Waals surface area contributed by atoms with Gasteiger partial charge in [0.25, 0.3) is 0 Å². The molecule has 0 saturated carbocycles. The van der Waals surface area contributed by atoms with Crippen LogP contribution in [0.25, 0.3) is 5.52 Å². The molecular formula is C16H17BrN4. The van der Waals surface area contributed by atoms with E-state index in [1.54, 1.807) is 6.20 Å². The number of hydrogen-bond donors (Lipinski definition) is 1. The van der Waals surface area contributed by atoms with E-state index in [0.29, 0.717) is 0 Å². The van der Waals surface area contributed by atoms with E-state index < -0.39 is 0 Å². The highest BCUT2D eigenvalue weighted by atomic mass is 79.9. The lowest BCUT2D eigenvalue weighted by molar-refractivity contribution is 0.553. The fourth-order valence-electron chi connectivity index (χ4n) is 2.52. The van der Waals surface area contributed by atoms with Crippen molar-refractivity contribution in [3.8, 4) is 0 Å². The Kier molecular flexibility index (Phi) is 4.31. The van der Waals surface area contributed by atoms with E-state index in [9.17, 15) is 0 Å². The second-order valence-corrected chi connectivity index (χ2v) is 5.86. The molecule has 108 valence electrons. The highest BCUT2D eigenvalue weighted by molar-refractivity contribution is 9.10. The second kappa shape index (κ2) is 6.37. The van der Waals surface area contributed by atoms with E-state index in [2.05, 4.69) is 62.5 Å². The summed E-state index contributed by atoms with van der Waals surface area (Å²) in [6, 6.07) is 8.70. The standard InChI is InChI=1S/C16H17BrN4/c1-2-19-15(9-12-3-5-13(17)6-4-12)14-10-20-21-8-7-18-11-16(14)21/h3-8,10-11,15,19H,2,9H2,1H3. The van der Waals surface area contributed by atoms with Crippen LogP contribution in [0.1, 0.15) is 24.1 Å². The maximum Gasteiger partial charge on any atom is 0.0892 e. The molecule has 1 N–H and O–H groups in total. The number of fused-ring (bicyclic) bond motifs is 1. The molecule has 0 fully saturated rings. The SMILES string of the molecule is CCNC(Cc1ccc(Br)cc1)c1cnn2ccncc12. The summed E-state index contributed by atoms with van der Waals surface area (Å²) in [5.41, 5.74) is 3.54. The summed E-state index contributed by atoms with van der Waals surface area (Å²) in [5, 5.41) is 7.95. The number of nitrogens with zero attached hydrogens (tertiary/aromatic N) is 3. The minimum absolute atomic E-state index is 0.234. The van der Waals surface area contributed by atoms with Crippen LogP contribution in [-0.2, 0) is 6.42 Å². The summed E-state index contributed by atoms with van der Waals surface area (Å²) >= 11 is 3.48. The molecule has 0 aliphatic rings. The van der Waals surface area contributed by atoms with E-state index in [4.69, 9.17) is 0 Å². The number of likely N-dealkylation sites (N-methyl/N-ethyl adjacent to an activating group) is 1. The van der Waals surface area contributed by atoms with Crippen LogP contribution in [0.5, 0.6) is 0 Å². The first kappa shape index (κ1) is 14.2. The van der Waals surface area contributed by atoms with Crippen molar-refractivity contribution >= 4 is 21.4 Å². The zero-order chi connectivity index (χ0) is 14.7. The molecule has 4 nitrogen and oxygen atoms in total. The Labute approximate surface area is 132 Å². The predicted molar refractivity (Wildman–Crippen MR) is 87.3 cm³/mol. The molecule has 2 aromatic heterocycles. The highest BCUT2D eigenvalue weighted by Gasteiger charge is 2.16. The average molecular weight is 345 g/mol.